The minimum absolute atomic E-state index is 0.160. The van der Waals surface area contributed by atoms with Crippen molar-refractivity contribution in [3.8, 4) is 11.1 Å². The van der Waals surface area contributed by atoms with Crippen LogP contribution in [0, 0.1) is 16.2 Å². The Hall–Kier alpha value is -3.19. The van der Waals surface area contributed by atoms with Gasteiger partial charge in [-0.2, -0.15) is 0 Å². The zero-order chi connectivity index (χ0) is 36.4. The number of hydrogen-bond acceptors (Lipinski definition) is 4. The van der Waals surface area contributed by atoms with Gasteiger partial charge < -0.3 is 25.1 Å². The highest BCUT2D eigenvalue weighted by molar-refractivity contribution is 5.89. The molecule has 0 aliphatic carbocycles. The molecule has 0 bridgehead atoms. The highest BCUT2D eigenvalue weighted by Gasteiger charge is 2.36. The summed E-state index contributed by atoms with van der Waals surface area (Å²) < 4.78 is 5.95. The van der Waals surface area contributed by atoms with Crippen LogP contribution < -0.4 is 10.6 Å². The van der Waals surface area contributed by atoms with E-state index in [9.17, 15) is 9.59 Å². The van der Waals surface area contributed by atoms with Crippen molar-refractivity contribution in [3.05, 3.63) is 54.6 Å². The molecule has 1 saturated heterocycles. The van der Waals surface area contributed by atoms with E-state index in [2.05, 4.69) is 96.9 Å². The Morgan fingerprint density at radius 1 is 0.833 bits per heavy atom. The second-order valence-corrected chi connectivity index (χ2v) is 16.4. The van der Waals surface area contributed by atoms with E-state index < -0.39 is 0 Å². The molecule has 1 fully saturated rings. The van der Waals surface area contributed by atoms with Crippen LogP contribution in [0.4, 0.5) is 10.5 Å². The fourth-order valence-electron chi connectivity index (χ4n) is 5.88. The van der Waals surface area contributed by atoms with Gasteiger partial charge in [0.2, 0.25) is 5.91 Å². The number of amides is 3. The number of nitrogens with zero attached hydrogens (tertiary/aromatic N) is 1. The lowest BCUT2D eigenvalue weighted by Crippen LogP contribution is -2.48. The quantitative estimate of drug-likeness (QED) is 0.234. The van der Waals surface area contributed by atoms with E-state index >= 15 is 0 Å². The maximum atomic E-state index is 12.3. The number of carbonyl (C=O) groups is 3. The van der Waals surface area contributed by atoms with Crippen molar-refractivity contribution in [3.63, 3.8) is 0 Å². The smallest absolute Gasteiger partial charge is 0.319 e. The molecule has 48 heavy (non-hydrogen) atoms. The summed E-state index contributed by atoms with van der Waals surface area (Å²) in [6.07, 6.45) is 8.44. The first-order chi connectivity index (χ1) is 22.5. The second-order valence-electron chi connectivity index (χ2n) is 16.4. The lowest BCUT2D eigenvalue weighted by molar-refractivity contribution is -0.136. The third kappa shape index (κ3) is 17.8. The zero-order valence-electron chi connectivity index (χ0n) is 31.9. The SMILES string of the molecule is C=O.CC(C)(C)CC(N1CCCCCC1=O)C(C)(C)C.CCC(CC(C)(C)C)OCCCNC(=O)Nc1ccc(-c2ccccc2)cc1. The summed E-state index contributed by atoms with van der Waals surface area (Å²) in [5, 5.41) is 5.76. The predicted octanol–water partition coefficient (Wildman–Crippen LogP) is 10.2. The lowest BCUT2D eigenvalue weighted by Gasteiger charge is -2.43. The third-order valence-corrected chi connectivity index (χ3v) is 8.30. The van der Waals surface area contributed by atoms with E-state index in [-0.39, 0.29) is 28.4 Å². The minimum Gasteiger partial charge on any atom is -0.378 e. The normalized spacial score (nSPS) is 15.1. The largest absolute Gasteiger partial charge is 0.378 e. The van der Waals surface area contributed by atoms with Gasteiger partial charge in [0.1, 0.15) is 6.79 Å². The first-order valence-corrected chi connectivity index (χ1v) is 17.9. The molecule has 2 aromatic rings. The van der Waals surface area contributed by atoms with Crippen molar-refractivity contribution in [1.82, 2.24) is 10.2 Å². The molecule has 3 rings (SSSR count). The van der Waals surface area contributed by atoms with Crippen LogP contribution in [0.3, 0.4) is 0 Å². The summed E-state index contributed by atoms with van der Waals surface area (Å²) in [6, 6.07) is 18.2. The zero-order valence-corrected chi connectivity index (χ0v) is 31.9. The number of rotatable bonds is 11. The third-order valence-electron chi connectivity index (χ3n) is 8.30. The van der Waals surface area contributed by atoms with Crippen LogP contribution in [0.2, 0.25) is 0 Å². The molecule has 2 N–H and O–H groups in total. The summed E-state index contributed by atoms with van der Waals surface area (Å²) in [4.78, 5) is 34.5. The highest BCUT2D eigenvalue weighted by atomic mass is 16.5. The predicted molar refractivity (Wildman–Crippen MR) is 202 cm³/mol. The van der Waals surface area contributed by atoms with Crippen molar-refractivity contribution in [2.75, 3.05) is 25.0 Å². The average molecular weight is 666 g/mol. The minimum atomic E-state index is -0.186. The maximum Gasteiger partial charge on any atom is 0.319 e. The number of carbonyl (C=O) groups excluding carboxylic acids is 3. The van der Waals surface area contributed by atoms with E-state index in [1.807, 2.05) is 49.3 Å². The number of hydrogen-bond donors (Lipinski definition) is 2. The maximum absolute atomic E-state index is 12.3. The van der Waals surface area contributed by atoms with Crippen LogP contribution in [0.25, 0.3) is 11.1 Å². The molecule has 0 spiro atoms. The molecular formula is C41H67N3O4. The van der Waals surface area contributed by atoms with Crippen molar-refractivity contribution < 1.29 is 19.1 Å². The average Bonchev–Trinajstić information content (AvgIpc) is 3.23. The van der Waals surface area contributed by atoms with E-state index in [4.69, 9.17) is 9.53 Å². The molecule has 7 nitrogen and oxygen atoms in total. The van der Waals surface area contributed by atoms with Gasteiger partial charge in [-0.25, -0.2) is 4.79 Å². The first-order valence-electron chi connectivity index (χ1n) is 17.9. The standard InChI is InChI=1S/C24H34N2O2.C16H31NO.CH2O/c1-5-22(18-24(2,3)4)28-17-9-16-25-23(27)26-21-14-12-20(13-15-21)19-10-7-6-8-11-19;1-15(2,3)12-13(16(4,5)6)17-11-9-7-8-10-14(17)18;1-2/h6-8,10-15,22H,5,9,16-18H2,1-4H3,(H2,25,26,27);13H,7-12H2,1-6H3;1H2. The monoisotopic (exact) mass is 666 g/mol. The Balaban J connectivity index is 0.000000497. The van der Waals surface area contributed by atoms with Crippen molar-refractivity contribution in [2.45, 2.75) is 133 Å². The van der Waals surface area contributed by atoms with E-state index in [0.29, 0.717) is 25.1 Å². The summed E-state index contributed by atoms with van der Waals surface area (Å²) in [5.74, 6) is 0.372. The van der Waals surface area contributed by atoms with Crippen LogP contribution >= 0.6 is 0 Å². The molecular weight excluding hydrogens is 598 g/mol. The molecule has 0 saturated carbocycles. The summed E-state index contributed by atoms with van der Waals surface area (Å²) in [7, 11) is 0. The van der Waals surface area contributed by atoms with Crippen LogP contribution in [0.5, 0.6) is 0 Å². The molecule has 2 aromatic carbocycles. The van der Waals surface area contributed by atoms with Gasteiger partial charge in [0.25, 0.3) is 0 Å². The summed E-state index contributed by atoms with van der Waals surface area (Å²) in [5.41, 5.74) is 3.77. The number of likely N-dealkylation sites (tertiary alicyclic amines) is 1. The summed E-state index contributed by atoms with van der Waals surface area (Å²) >= 11 is 0. The fraction of sp³-hybridized carbons (Fsp3) is 0.634. The molecule has 3 amide bonds. The molecule has 1 heterocycles. The van der Waals surface area contributed by atoms with Gasteiger partial charge >= 0.3 is 6.03 Å². The van der Waals surface area contributed by atoms with Crippen molar-refractivity contribution in [2.24, 2.45) is 16.2 Å². The molecule has 270 valence electrons. The Bertz CT molecular complexity index is 1180. The molecule has 0 aromatic heterocycles. The molecule has 2 atom stereocenters. The number of benzene rings is 2. The number of urea groups is 1. The van der Waals surface area contributed by atoms with Crippen LogP contribution in [-0.2, 0) is 14.3 Å². The first kappa shape index (κ1) is 42.8. The lowest BCUT2D eigenvalue weighted by atomic mass is 9.76. The van der Waals surface area contributed by atoms with Crippen molar-refractivity contribution >= 4 is 24.4 Å². The van der Waals surface area contributed by atoms with Crippen molar-refractivity contribution in [1.29, 1.82) is 0 Å². The highest BCUT2D eigenvalue weighted by Crippen LogP contribution is 2.35. The van der Waals surface area contributed by atoms with Gasteiger partial charge in [-0.1, -0.05) is 118 Å². The van der Waals surface area contributed by atoms with Gasteiger partial charge in [0.05, 0.1) is 6.10 Å². The van der Waals surface area contributed by atoms with Gasteiger partial charge in [-0.05, 0) is 78.0 Å². The number of nitrogens with one attached hydrogen (secondary N) is 2. The Labute approximate surface area is 293 Å². The van der Waals surface area contributed by atoms with Crippen LogP contribution in [0.15, 0.2) is 54.6 Å². The van der Waals surface area contributed by atoms with Gasteiger partial charge in [0, 0.05) is 37.8 Å². The van der Waals surface area contributed by atoms with Gasteiger partial charge in [-0.15, -0.1) is 0 Å². The molecule has 1 aliphatic heterocycles. The number of ether oxygens (including phenoxy) is 1. The molecule has 2 unspecified atom stereocenters. The van der Waals surface area contributed by atoms with Crippen LogP contribution in [0.1, 0.15) is 121 Å². The second kappa shape index (κ2) is 21.0. The van der Waals surface area contributed by atoms with E-state index in [1.54, 1.807) is 0 Å². The van der Waals surface area contributed by atoms with E-state index in [0.717, 1.165) is 61.9 Å². The Morgan fingerprint density at radius 3 is 1.96 bits per heavy atom. The topological polar surface area (TPSA) is 87.7 Å². The Morgan fingerprint density at radius 2 is 1.42 bits per heavy atom. The molecule has 1 aliphatic rings. The van der Waals surface area contributed by atoms with E-state index in [1.165, 1.54) is 12.8 Å². The molecule has 7 heteroatoms. The number of anilines is 1. The Kier molecular flexibility index (Phi) is 18.8. The summed E-state index contributed by atoms with van der Waals surface area (Å²) in [6.45, 7) is 26.7. The van der Waals surface area contributed by atoms with Crippen LogP contribution in [-0.4, -0.2) is 55.5 Å². The van der Waals surface area contributed by atoms with Gasteiger partial charge in [-0.3, -0.25) is 4.79 Å². The molecule has 0 radical (unpaired) electrons. The van der Waals surface area contributed by atoms with Gasteiger partial charge in [0.15, 0.2) is 0 Å². The fourth-order valence-corrected chi connectivity index (χ4v) is 5.88.